The Hall–Kier alpha value is -3.77. The first-order chi connectivity index (χ1) is 14.8. The summed E-state index contributed by atoms with van der Waals surface area (Å²) in [6.07, 6.45) is 2.84. The van der Waals surface area contributed by atoms with Gasteiger partial charge in [0.2, 0.25) is 0 Å². The molecule has 1 saturated heterocycles. The third-order valence-electron chi connectivity index (χ3n) is 5.57. The first kappa shape index (κ1) is 20.5. The Morgan fingerprint density at radius 3 is 2.65 bits per heavy atom. The summed E-state index contributed by atoms with van der Waals surface area (Å²) in [5.74, 6) is -0.466. The van der Waals surface area contributed by atoms with Crippen molar-refractivity contribution in [1.29, 1.82) is 5.26 Å². The number of halogens is 1. The zero-order valence-corrected chi connectivity index (χ0v) is 17.4. The molecule has 0 saturated carbocycles. The molecule has 0 aliphatic carbocycles. The van der Waals surface area contributed by atoms with E-state index in [9.17, 15) is 14.3 Å². The molecule has 158 valence electrons. The number of aromatic hydroxyl groups is 1. The molecule has 2 aromatic heterocycles. The number of pyridine rings is 1. The lowest BCUT2D eigenvalue weighted by atomic mass is 10.0. The van der Waals surface area contributed by atoms with Crippen molar-refractivity contribution >= 4 is 5.91 Å². The van der Waals surface area contributed by atoms with Gasteiger partial charge in [-0.15, -0.1) is 0 Å². The maximum atomic E-state index is 14.3. The Morgan fingerprint density at radius 1 is 1.29 bits per heavy atom. The average Bonchev–Trinajstić information content (AvgIpc) is 3.10. The molecular formula is C22H21FN6O2. The lowest BCUT2D eigenvalue weighted by molar-refractivity contribution is 0.0399. The zero-order valence-electron chi connectivity index (χ0n) is 17.4. The van der Waals surface area contributed by atoms with Crippen molar-refractivity contribution in [3.05, 3.63) is 59.2 Å². The van der Waals surface area contributed by atoms with Crippen LogP contribution in [0.2, 0.25) is 0 Å². The van der Waals surface area contributed by atoms with Gasteiger partial charge in [0.25, 0.3) is 5.91 Å². The largest absolute Gasteiger partial charge is 0.504 e. The van der Waals surface area contributed by atoms with E-state index in [1.54, 1.807) is 29.2 Å². The Balaban J connectivity index is 1.56. The normalized spacial score (nSPS) is 13.9. The van der Waals surface area contributed by atoms with Gasteiger partial charge in [-0.2, -0.15) is 10.4 Å². The Kier molecular flexibility index (Phi) is 5.17. The fourth-order valence-electron chi connectivity index (χ4n) is 3.48. The summed E-state index contributed by atoms with van der Waals surface area (Å²) >= 11 is 0. The average molecular weight is 420 g/mol. The minimum Gasteiger partial charge on any atom is -0.504 e. The van der Waals surface area contributed by atoms with Crippen LogP contribution >= 0.6 is 0 Å². The summed E-state index contributed by atoms with van der Waals surface area (Å²) in [5.41, 5.74) is 1.19. The van der Waals surface area contributed by atoms with Crippen LogP contribution in [0, 0.1) is 24.1 Å². The number of nitrogens with zero attached hydrogens (tertiary/aromatic N) is 6. The first-order valence-corrected chi connectivity index (χ1v) is 9.70. The van der Waals surface area contributed by atoms with Crippen LogP contribution in [0.5, 0.6) is 5.75 Å². The van der Waals surface area contributed by atoms with Gasteiger partial charge in [-0.05, 0) is 44.8 Å². The molecular weight excluding hydrogens is 399 g/mol. The molecule has 1 aromatic carbocycles. The molecule has 1 fully saturated rings. The Morgan fingerprint density at radius 2 is 2.03 bits per heavy atom. The van der Waals surface area contributed by atoms with Crippen LogP contribution in [0.1, 0.15) is 21.5 Å². The van der Waals surface area contributed by atoms with Crippen molar-refractivity contribution in [3.8, 4) is 28.9 Å². The predicted octanol–water partition coefficient (Wildman–Crippen LogP) is 2.35. The van der Waals surface area contributed by atoms with Crippen molar-refractivity contribution in [3.63, 3.8) is 0 Å². The maximum Gasteiger partial charge on any atom is 0.255 e. The molecule has 31 heavy (non-hydrogen) atoms. The number of carbonyl (C=O) groups excluding carboxylic acids is 1. The summed E-state index contributed by atoms with van der Waals surface area (Å²) in [6.45, 7) is 2.90. The number of hydrogen-bond donors (Lipinski definition) is 1. The van der Waals surface area contributed by atoms with Crippen LogP contribution < -0.4 is 0 Å². The smallest absolute Gasteiger partial charge is 0.255 e. The monoisotopic (exact) mass is 420 g/mol. The summed E-state index contributed by atoms with van der Waals surface area (Å²) in [6, 6.07) is 8.37. The highest BCUT2D eigenvalue weighted by atomic mass is 19.1. The summed E-state index contributed by atoms with van der Waals surface area (Å²) in [5, 5.41) is 23.6. The number of aromatic nitrogens is 3. The van der Waals surface area contributed by atoms with Crippen LogP contribution in [-0.4, -0.2) is 68.8 Å². The molecule has 0 spiro atoms. The van der Waals surface area contributed by atoms with Gasteiger partial charge in [0.15, 0.2) is 11.6 Å². The highest BCUT2D eigenvalue weighted by Gasteiger charge is 2.32. The molecule has 4 rings (SSSR count). The van der Waals surface area contributed by atoms with Crippen LogP contribution in [0.15, 0.2) is 36.7 Å². The quantitative estimate of drug-likeness (QED) is 0.696. The van der Waals surface area contributed by atoms with E-state index in [4.69, 9.17) is 5.26 Å². The highest BCUT2D eigenvalue weighted by Crippen LogP contribution is 2.32. The highest BCUT2D eigenvalue weighted by molar-refractivity contribution is 5.94. The van der Waals surface area contributed by atoms with E-state index in [-0.39, 0.29) is 28.5 Å². The van der Waals surface area contributed by atoms with Crippen LogP contribution in [0.3, 0.4) is 0 Å². The zero-order chi connectivity index (χ0) is 22.3. The van der Waals surface area contributed by atoms with Gasteiger partial charge in [0.05, 0.1) is 17.3 Å². The molecule has 0 atom stereocenters. The number of amides is 1. The summed E-state index contributed by atoms with van der Waals surface area (Å²) in [4.78, 5) is 20.7. The second-order valence-corrected chi connectivity index (χ2v) is 7.75. The van der Waals surface area contributed by atoms with Crippen molar-refractivity contribution in [2.45, 2.75) is 13.0 Å². The van der Waals surface area contributed by atoms with E-state index in [0.29, 0.717) is 36.1 Å². The maximum absolute atomic E-state index is 14.3. The van der Waals surface area contributed by atoms with E-state index >= 15 is 0 Å². The van der Waals surface area contributed by atoms with Crippen molar-refractivity contribution in [2.75, 3.05) is 27.2 Å². The molecule has 1 aliphatic rings. The van der Waals surface area contributed by atoms with Crippen LogP contribution in [0.25, 0.3) is 17.1 Å². The van der Waals surface area contributed by atoms with Gasteiger partial charge in [-0.25, -0.2) is 14.1 Å². The fourth-order valence-corrected chi connectivity index (χ4v) is 3.48. The number of hydrogen-bond acceptors (Lipinski definition) is 6. The van der Waals surface area contributed by atoms with Gasteiger partial charge in [0, 0.05) is 30.9 Å². The van der Waals surface area contributed by atoms with Gasteiger partial charge in [-0.1, -0.05) is 6.07 Å². The number of nitriles is 1. The van der Waals surface area contributed by atoms with Crippen LogP contribution in [-0.2, 0) is 0 Å². The predicted molar refractivity (Wildman–Crippen MR) is 111 cm³/mol. The van der Waals surface area contributed by atoms with E-state index in [0.717, 1.165) is 0 Å². The second kappa shape index (κ2) is 7.81. The minimum atomic E-state index is -0.641. The number of benzene rings is 1. The molecule has 1 aliphatic heterocycles. The molecule has 0 bridgehead atoms. The van der Waals surface area contributed by atoms with Gasteiger partial charge in [0.1, 0.15) is 17.6 Å². The molecule has 3 heterocycles. The molecule has 3 aromatic rings. The van der Waals surface area contributed by atoms with E-state index in [2.05, 4.69) is 15.0 Å². The van der Waals surface area contributed by atoms with Gasteiger partial charge < -0.3 is 14.9 Å². The van der Waals surface area contributed by atoms with E-state index in [1.807, 2.05) is 14.1 Å². The number of carbonyl (C=O) groups is 1. The SMILES string of the molecule is Cc1c(-c2nn(-c3ccc(C(=O)N4CC(N(C)C)C4)cn3)cc2O)ccc(C#N)c1F. The van der Waals surface area contributed by atoms with Gasteiger partial charge in [-0.3, -0.25) is 4.79 Å². The van der Waals surface area contributed by atoms with Crippen molar-refractivity contribution < 1.29 is 14.3 Å². The Labute approximate surface area is 178 Å². The third kappa shape index (κ3) is 3.62. The number of rotatable bonds is 4. The van der Waals surface area contributed by atoms with Crippen molar-refractivity contribution in [1.82, 2.24) is 24.6 Å². The molecule has 8 nitrogen and oxygen atoms in total. The first-order valence-electron chi connectivity index (χ1n) is 9.70. The molecule has 9 heteroatoms. The molecule has 1 amide bonds. The van der Waals surface area contributed by atoms with Gasteiger partial charge >= 0.3 is 0 Å². The van der Waals surface area contributed by atoms with E-state index < -0.39 is 5.82 Å². The molecule has 1 N–H and O–H groups in total. The molecule has 0 unspecified atom stereocenters. The minimum absolute atomic E-state index is 0.0683. The topological polar surface area (TPSA) is 98.3 Å². The van der Waals surface area contributed by atoms with Crippen LogP contribution in [0.4, 0.5) is 4.39 Å². The lowest BCUT2D eigenvalue weighted by Gasteiger charge is -2.42. The number of likely N-dealkylation sites (tertiary alicyclic amines) is 1. The Bertz CT molecular complexity index is 1190. The number of likely N-dealkylation sites (N-methyl/N-ethyl adjacent to an activating group) is 1. The standard InChI is InChI=1S/C22H21FN6O2/c1-13-17(6-4-14(8-24)20(13)23)21-18(30)12-29(26-21)19-7-5-15(9-25-19)22(31)28-10-16(11-28)27(2)3/h4-7,9,12,16,30H,10-11H2,1-3H3. The molecule has 0 radical (unpaired) electrons. The van der Waals surface area contributed by atoms with E-state index in [1.165, 1.54) is 30.1 Å². The third-order valence-corrected chi connectivity index (χ3v) is 5.57. The lowest BCUT2D eigenvalue weighted by Crippen LogP contribution is -2.59. The second-order valence-electron chi connectivity index (χ2n) is 7.75. The van der Waals surface area contributed by atoms with Crippen molar-refractivity contribution in [2.24, 2.45) is 0 Å². The summed E-state index contributed by atoms with van der Waals surface area (Å²) in [7, 11) is 3.98. The summed E-state index contributed by atoms with van der Waals surface area (Å²) < 4.78 is 15.7. The fraction of sp³-hybridized carbons (Fsp3) is 0.273.